The molecule has 4 rings (SSSR count). The molecule has 0 N–H and O–H groups in total. The zero-order valence-electron chi connectivity index (χ0n) is 17.5. The fraction of sp³-hybridized carbons (Fsp3) is 0.435. The summed E-state index contributed by atoms with van der Waals surface area (Å²) in [7, 11) is 2.11. The van der Waals surface area contributed by atoms with Gasteiger partial charge in [-0.05, 0) is 83.8 Å². The monoisotopic (exact) mass is 584 g/mol. The van der Waals surface area contributed by atoms with Crippen LogP contribution in [0, 0.1) is 9.49 Å². The maximum absolute atomic E-state index is 13.3. The number of hydrogen-bond donors (Lipinski definition) is 0. The second-order valence-electron chi connectivity index (χ2n) is 8.40. The van der Waals surface area contributed by atoms with Gasteiger partial charge >= 0.3 is 5.97 Å². The molecule has 2 aliphatic heterocycles. The molecule has 2 unspecified atom stereocenters. The van der Waals surface area contributed by atoms with Crippen LogP contribution in [0.15, 0.2) is 41.5 Å². The van der Waals surface area contributed by atoms with Crippen molar-refractivity contribution in [2.75, 3.05) is 13.7 Å². The predicted octanol–water partition coefficient (Wildman–Crippen LogP) is 6.89. The Morgan fingerprint density at radius 1 is 1.25 bits per heavy atom. The van der Waals surface area contributed by atoms with Crippen LogP contribution in [0.4, 0.5) is 5.69 Å². The van der Waals surface area contributed by atoms with Gasteiger partial charge in [-0.1, -0.05) is 46.5 Å². The summed E-state index contributed by atoms with van der Waals surface area (Å²) in [4.78, 5) is 18.5. The van der Waals surface area contributed by atoms with E-state index in [1.807, 2.05) is 30.3 Å². The fourth-order valence-electron chi connectivity index (χ4n) is 5.07. The van der Waals surface area contributed by atoms with Crippen LogP contribution < -0.4 is 0 Å². The number of halogens is 3. The first-order valence-electron chi connectivity index (χ1n) is 10.6. The molecular weight excluding hydrogens is 562 g/mol. The Morgan fingerprint density at radius 2 is 2.06 bits per heavy atom. The summed E-state index contributed by atoms with van der Waals surface area (Å²) < 4.78 is 6.67. The van der Waals surface area contributed by atoms with Gasteiger partial charge in [-0.2, -0.15) is 0 Å². The first-order chi connectivity index (χ1) is 15.4. The molecule has 0 aliphatic carbocycles. The SMILES string of the molecule is CN1C2CCC1[C@@H](C(=O)OCCc1ccc(N=[N+]=[N-])c(I)c1)[C@@H](c1ccc(Cl)c(Cl)c1)C2. The van der Waals surface area contributed by atoms with E-state index in [4.69, 9.17) is 33.5 Å². The Morgan fingerprint density at radius 3 is 2.78 bits per heavy atom. The number of benzene rings is 2. The lowest BCUT2D eigenvalue weighted by atomic mass is 9.76. The van der Waals surface area contributed by atoms with E-state index in [1.165, 1.54) is 0 Å². The summed E-state index contributed by atoms with van der Waals surface area (Å²) in [6.07, 6.45) is 3.60. The van der Waals surface area contributed by atoms with E-state index in [9.17, 15) is 4.79 Å². The van der Waals surface area contributed by atoms with E-state index in [0.717, 1.165) is 34.0 Å². The van der Waals surface area contributed by atoms with Gasteiger partial charge in [-0.25, -0.2) is 0 Å². The van der Waals surface area contributed by atoms with Crippen molar-refractivity contribution in [2.24, 2.45) is 11.0 Å². The molecule has 2 aromatic carbocycles. The van der Waals surface area contributed by atoms with Crippen LogP contribution in [-0.2, 0) is 16.0 Å². The minimum atomic E-state index is -0.233. The van der Waals surface area contributed by atoms with Crippen molar-refractivity contribution >= 4 is 57.4 Å². The highest BCUT2D eigenvalue weighted by Gasteiger charge is 2.49. The van der Waals surface area contributed by atoms with Crippen LogP contribution in [0.1, 0.15) is 36.3 Å². The zero-order chi connectivity index (χ0) is 22.8. The molecule has 2 fully saturated rings. The third-order valence-corrected chi connectivity index (χ3v) is 8.32. The van der Waals surface area contributed by atoms with Gasteiger partial charge in [0.05, 0.1) is 28.3 Å². The van der Waals surface area contributed by atoms with Crippen molar-refractivity contribution in [3.8, 4) is 0 Å². The van der Waals surface area contributed by atoms with Crippen LogP contribution in [0.3, 0.4) is 0 Å². The summed E-state index contributed by atoms with van der Waals surface area (Å²) in [5.41, 5.74) is 11.3. The maximum atomic E-state index is 13.3. The largest absolute Gasteiger partial charge is 0.465 e. The number of nitrogens with zero attached hydrogens (tertiary/aromatic N) is 4. The molecular formula is C23H23Cl2IN4O2. The van der Waals surface area contributed by atoms with Gasteiger partial charge in [-0.15, -0.1) is 0 Å². The average Bonchev–Trinajstić information content (AvgIpc) is 2.99. The lowest BCUT2D eigenvalue weighted by molar-refractivity contribution is -0.153. The highest BCUT2D eigenvalue weighted by molar-refractivity contribution is 14.1. The summed E-state index contributed by atoms with van der Waals surface area (Å²) in [6.45, 7) is 0.306. The number of ether oxygens (including phenoxy) is 1. The smallest absolute Gasteiger partial charge is 0.311 e. The van der Waals surface area contributed by atoms with Gasteiger partial charge in [0, 0.05) is 32.9 Å². The van der Waals surface area contributed by atoms with Crippen molar-refractivity contribution in [3.05, 3.63) is 71.6 Å². The number of piperidine rings is 1. The summed E-state index contributed by atoms with van der Waals surface area (Å²) >= 11 is 14.5. The minimum Gasteiger partial charge on any atom is -0.465 e. The van der Waals surface area contributed by atoms with Crippen molar-refractivity contribution in [1.82, 2.24) is 4.90 Å². The van der Waals surface area contributed by atoms with Gasteiger partial charge in [0.15, 0.2) is 0 Å². The molecule has 0 amide bonds. The molecule has 0 radical (unpaired) electrons. The van der Waals surface area contributed by atoms with Crippen LogP contribution in [0.25, 0.3) is 10.4 Å². The molecule has 0 spiro atoms. The Labute approximate surface area is 211 Å². The Hall–Kier alpha value is -1.51. The highest BCUT2D eigenvalue weighted by atomic mass is 127. The lowest BCUT2D eigenvalue weighted by Gasteiger charge is -2.42. The topological polar surface area (TPSA) is 78.3 Å². The molecule has 6 nitrogen and oxygen atoms in total. The Bertz CT molecular complexity index is 1080. The van der Waals surface area contributed by atoms with Crippen LogP contribution in [0.2, 0.25) is 10.0 Å². The normalized spacial score (nSPS) is 24.8. The third kappa shape index (κ3) is 4.87. The van der Waals surface area contributed by atoms with E-state index in [2.05, 4.69) is 44.6 Å². The second-order valence-corrected chi connectivity index (χ2v) is 10.4. The van der Waals surface area contributed by atoms with E-state index in [1.54, 1.807) is 6.07 Å². The molecule has 32 heavy (non-hydrogen) atoms. The summed E-state index contributed by atoms with van der Waals surface area (Å²) in [6, 6.07) is 12.0. The number of fused-ring (bicyclic) bond motifs is 2. The van der Waals surface area contributed by atoms with E-state index in [0.29, 0.717) is 34.8 Å². The first kappa shape index (κ1) is 23.6. The molecule has 4 atom stereocenters. The number of hydrogen-bond acceptors (Lipinski definition) is 4. The number of azide groups is 1. The predicted molar refractivity (Wildman–Crippen MR) is 135 cm³/mol. The zero-order valence-corrected chi connectivity index (χ0v) is 21.2. The van der Waals surface area contributed by atoms with Gasteiger partial charge in [0.2, 0.25) is 0 Å². The molecule has 0 saturated carbocycles. The highest BCUT2D eigenvalue weighted by Crippen LogP contribution is 2.47. The molecule has 2 aliphatic rings. The van der Waals surface area contributed by atoms with Crippen molar-refractivity contribution in [3.63, 3.8) is 0 Å². The summed E-state index contributed by atoms with van der Waals surface area (Å²) in [5, 5.41) is 4.69. The molecule has 168 valence electrons. The van der Waals surface area contributed by atoms with E-state index < -0.39 is 0 Å². The van der Waals surface area contributed by atoms with Crippen LogP contribution in [0.5, 0.6) is 0 Å². The fourth-order valence-corrected chi connectivity index (χ4v) is 6.07. The quantitative estimate of drug-likeness (QED) is 0.122. The van der Waals surface area contributed by atoms with Gasteiger partial charge in [0.25, 0.3) is 0 Å². The number of esters is 1. The van der Waals surface area contributed by atoms with Crippen LogP contribution in [-0.4, -0.2) is 36.6 Å². The van der Waals surface area contributed by atoms with Gasteiger partial charge < -0.3 is 4.74 Å². The molecule has 2 heterocycles. The number of rotatable bonds is 6. The lowest BCUT2D eigenvalue weighted by Crippen LogP contribution is -2.49. The molecule has 0 aromatic heterocycles. The van der Waals surface area contributed by atoms with Crippen molar-refractivity contribution < 1.29 is 9.53 Å². The standard InChI is InChI=1S/C23H23Cl2IN4O2/c1-30-15-4-7-21(30)22(16(12-15)14-3-5-17(24)18(25)11-14)23(31)32-9-8-13-2-6-20(28-29-27)19(26)10-13/h2-3,5-6,10-11,15-16,21-22H,4,7-9,12H2,1H3/t15?,16-,21?,22+/m1/s1. The molecule has 2 saturated heterocycles. The second kappa shape index (κ2) is 10.2. The van der Waals surface area contributed by atoms with Gasteiger partial charge in [0.1, 0.15) is 0 Å². The first-order valence-corrected chi connectivity index (χ1v) is 12.4. The Balaban J connectivity index is 1.47. The number of carbonyl (C=O) groups excluding carboxylic acids is 1. The third-order valence-electron chi connectivity index (χ3n) is 6.71. The van der Waals surface area contributed by atoms with E-state index in [-0.39, 0.29) is 23.8 Å². The van der Waals surface area contributed by atoms with Gasteiger partial charge in [-0.3, -0.25) is 9.69 Å². The Kier molecular flexibility index (Phi) is 7.52. The van der Waals surface area contributed by atoms with Crippen molar-refractivity contribution in [2.45, 2.75) is 43.7 Å². The molecule has 2 bridgehead atoms. The molecule has 2 aromatic rings. The average molecular weight is 585 g/mol. The van der Waals surface area contributed by atoms with Crippen molar-refractivity contribution in [1.29, 1.82) is 0 Å². The van der Waals surface area contributed by atoms with E-state index >= 15 is 0 Å². The minimum absolute atomic E-state index is 0.0649. The molecule has 9 heteroatoms. The maximum Gasteiger partial charge on any atom is 0.311 e. The van der Waals surface area contributed by atoms with Crippen LogP contribution >= 0.6 is 45.8 Å². The summed E-state index contributed by atoms with van der Waals surface area (Å²) in [5.74, 6) is -0.322. The number of carbonyl (C=O) groups is 1.